The second-order valence-electron chi connectivity index (χ2n) is 5.71. The summed E-state index contributed by atoms with van der Waals surface area (Å²) in [5.74, 6) is -1.01. The van der Waals surface area contributed by atoms with Gasteiger partial charge in [0, 0.05) is 38.3 Å². The van der Waals surface area contributed by atoms with Crippen LogP contribution < -0.4 is 0 Å². The van der Waals surface area contributed by atoms with E-state index in [0.29, 0.717) is 25.3 Å². The molecule has 1 aromatic carbocycles. The highest BCUT2D eigenvalue weighted by Gasteiger charge is 2.38. The predicted octanol–water partition coefficient (Wildman–Crippen LogP) is 1.25. The van der Waals surface area contributed by atoms with Gasteiger partial charge < -0.3 is 4.74 Å². The van der Waals surface area contributed by atoms with Crippen LogP contribution in [0, 0.1) is 10.1 Å². The zero-order valence-electron chi connectivity index (χ0n) is 13.3. The number of morpholine rings is 1. The molecule has 0 aliphatic carbocycles. The number of hydrogen-bond acceptors (Lipinski definition) is 6. The third kappa shape index (κ3) is 3.55. The van der Waals surface area contributed by atoms with Crippen LogP contribution in [0.1, 0.15) is 5.56 Å². The highest BCUT2D eigenvalue weighted by atomic mass is 35.5. The SMILES string of the molecule is O=C1C(Cl)=C(c2ccc([N+](=O)[O-])cc2)C(=O)N1CCN1CCOCC1. The Kier molecular flexibility index (Phi) is 5.12. The Morgan fingerprint density at radius 3 is 2.32 bits per heavy atom. The molecule has 1 aromatic rings. The first kappa shape index (κ1) is 17.5. The zero-order valence-corrected chi connectivity index (χ0v) is 14.1. The molecule has 25 heavy (non-hydrogen) atoms. The van der Waals surface area contributed by atoms with E-state index in [-0.39, 0.29) is 22.8 Å². The normalized spacial score (nSPS) is 19.0. The first-order chi connectivity index (χ1) is 12.0. The number of imide groups is 1. The van der Waals surface area contributed by atoms with E-state index < -0.39 is 16.7 Å². The first-order valence-corrected chi connectivity index (χ1v) is 8.17. The summed E-state index contributed by atoms with van der Waals surface area (Å²) in [6, 6.07) is 5.40. The molecule has 132 valence electrons. The smallest absolute Gasteiger partial charge is 0.273 e. The zero-order chi connectivity index (χ0) is 18.0. The fourth-order valence-corrected chi connectivity index (χ4v) is 3.11. The topological polar surface area (TPSA) is 93.0 Å². The number of benzene rings is 1. The van der Waals surface area contributed by atoms with Crippen molar-refractivity contribution in [2.45, 2.75) is 0 Å². The molecule has 3 rings (SSSR count). The van der Waals surface area contributed by atoms with Crippen LogP contribution in [0.5, 0.6) is 0 Å². The van der Waals surface area contributed by atoms with Gasteiger partial charge in [0.15, 0.2) is 0 Å². The van der Waals surface area contributed by atoms with Crippen LogP contribution in [0.25, 0.3) is 5.57 Å². The van der Waals surface area contributed by atoms with E-state index in [4.69, 9.17) is 16.3 Å². The summed E-state index contributed by atoms with van der Waals surface area (Å²) in [6.45, 7) is 3.58. The van der Waals surface area contributed by atoms with Gasteiger partial charge in [0.1, 0.15) is 5.03 Å². The van der Waals surface area contributed by atoms with E-state index in [9.17, 15) is 19.7 Å². The lowest BCUT2D eigenvalue weighted by molar-refractivity contribution is -0.384. The highest BCUT2D eigenvalue weighted by Crippen LogP contribution is 2.32. The molecule has 8 nitrogen and oxygen atoms in total. The molecule has 2 aliphatic heterocycles. The highest BCUT2D eigenvalue weighted by molar-refractivity contribution is 6.55. The van der Waals surface area contributed by atoms with Gasteiger partial charge in [-0.15, -0.1) is 0 Å². The van der Waals surface area contributed by atoms with Crippen LogP contribution in [0.15, 0.2) is 29.3 Å². The third-order valence-electron chi connectivity index (χ3n) is 4.22. The van der Waals surface area contributed by atoms with Gasteiger partial charge in [-0.3, -0.25) is 29.5 Å². The second kappa shape index (κ2) is 7.30. The van der Waals surface area contributed by atoms with Gasteiger partial charge in [-0.05, 0) is 17.7 Å². The molecule has 0 spiro atoms. The standard InChI is InChI=1S/C16H16ClN3O5/c17-14-13(11-1-3-12(4-2-11)20(23)24)15(21)19(16(14)22)6-5-18-7-9-25-10-8-18/h1-4H,5-10H2. The summed E-state index contributed by atoms with van der Waals surface area (Å²) in [5.41, 5.74) is 0.382. The van der Waals surface area contributed by atoms with Gasteiger partial charge in [-0.2, -0.15) is 0 Å². The van der Waals surface area contributed by atoms with Crippen molar-refractivity contribution in [1.82, 2.24) is 9.80 Å². The van der Waals surface area contributed by atoms with Crippen molar-refractivity contribution in [3.05, 3.63) is 45.0 Å². The fourth-order valence-electron chi connectivity index (χ4n) is 2.82. The van der Waals surface area contributed by atoms with Crippen molar-refractivity contribution < 1.29 is 19.2 Å². The summed E-state index contributed by atoms with van der Waals surface area (Å²) in [7, 11) is 0. The van der Waals surface area contributed by atoms with Crippen molar-refractivity contribution >= 4 is 34.7 Å². The van der Waals surface area contributed by atoms with Gasteiger partial charge in [-0.25, -0.2) is 0 Å². The summed E-state index contributed by atoms with van der Waals surface area (Å²) in [4.78, 5) is 38.3. The minimum Gasteiger partial charge on any atom is -0.379 e. The Balaban J connectivity index is 1.73. The van der Waals surface area contributed by atoms with E-state index in [0.717, 1.165) is 18.0 Å². The Labute approximate surface area is 148 Å². The number of ether oxygens (including phenoxy) is 1. The summed E-state index contributed by atoms with van der Waals surface area (Å²) < 4.78 is 5.27. The minimum atomic E-state index is -0.534. The van der Waals surface area contributed by atoms with Gasteiger partial charge in [-0.1, -0.05) is 11.6 Å². The number of carbonyl (C=O) groups excluding carboxylic acids is 2. The number of non-ortho nitro benzene ring substituents is 1. The number of nitro benzene ring substituents is 1. The van der Waals surface area contributed by atoms with Crippen molar-refractivity contribution in [1.29, 1.82) is 0 Å². The summed E-state index contributed by atoms with van der Waals surface area (Å²) >= 11 is 6.08. The van der Waals surface area contributed by atoms with Crippen molar-refractivity contribution in [2.24, 2.45) is 0 Å². The van der Waals surface area contributed by atoms with Crippen LogP contribution >= 0.6 is 11.6 Å². The molecule has 9 heteroatoms. The molecule has 2 amide bonds. The molecule has 0 unspecified atom stereocenters. The van der Waals surface area contributed by atoms with Crippen LogP contribution in [-0.2, 0) is 14.3 Å². The molecule has 2 aliphatic rings. The molecule has 0 N–H and O–H groups in total. The summed E-state index contributed by atoms with van der Waals surface area (Å²) in [6.07, 6.45) is 0. The van der Waals surface area contributed by atoms with Crippen molar-refractivity contribution in [3.63, 3.8) is 0 Å². The largest absolute Gasteiger partial charge is 0.379 e. The van der Waals surface area contributed by atoms with E-state index in [1.54, 1.807) is 0 Å². The lowest BCUT2D eigenvalue weighted by Crippen LogP contribution is -2.43. The number of nitrogens with zero attached hydrogens (tertiary/aromatic N) is 3. The number of amides is 2. The molecule has 0 atom stereocenters. The maximum atomic E-state index is 12.6. The molecular formula is C16H16ClN3O5. The molecule has 1 saturated heterocycles. The van der Waals surface area contributed by atoms with Crippen LogP contribution in [0.2, 0.25) is 0 Å². The van der Waals surface area contributed by atoms with E-state index in [2.05, 4.69) is 4.90 Å². The molecule has 1 fully saturated rings. The lowest BCUT2D eigenvalue weighted by Gasteiger charge is -2.28. The van der Waals surface area contributed by atoms with Gasteiger partial charge in [0.05, 0.1) is 23.7 Å². The second-order valence-corrected chi connectivity index (χ2v) is 6.09. The summed E-state index contributed by atoms with van der Waals surface area (Å²) in [5, 5.41) is 10.6. The van der Waals surface area contributed by atoms with Gasteiger partial charge in [0.2, 0.25) is 0 Å². The maximum absolute atomic E-state index is 12.6. The van der Waals surface area contributed by atoms with Crippen molar-refractivity contribution in [2.75, 3.05) is 39.4 Å². The van der Waals surface area contributed by atoms with Crippen LogP contribution in [-0.4, -0.2) is 65.9 Å². The third-order valence-corrected chi connectivity index (χ3v) is 4.57. The van der Waals surface area contributed by atoms with Crippen LogP contribution in [0.4, 0.5) is 5.69 Å². The van der Waals surface area contributed by atoms with E-state index >= 15 is 0 Å². The molecule has 2 heterocycles. The lowest BCUT2D eigenvalue weighted by atomic mass is 10.1. The van der Waals surface area contributed by atoms with E-state index in [1.807, 2.05) is 0 Å². The molecule has 0 bridgehead atoms. The Bertz CT molecular complexity index is 741. The average molecular weight is 366 g/mol. The minimum absolute atomic E-state index is 0.0866. The predicted molar refractivity (Wildman–Crippen MR) is 89.8 cm³/mol. The quantitative estimate of drug-likeness (QED) is 0.443. The number of hydrogen-bond donors (Lipinski definition) is 0. The molecule has 0 aromatic heterocycles. The Hall–Kier alpha value is -2.29. The average Bonchev–Trinajstić information content (AvgIpc) is 2.83. The van der Waals surface area contributed by atoms with Crippen LogP contribution in [0.3, 0.4) is 0 Å². The first-order valence-electron chi connectivity index (χ1n) is 7.80. The van der Waals surface area contributed by atoms with E-state index in [1.165, 1.54) is 24.3 Å². The number of halogens is 1. The molecule has 0 saturated carbocycles. The van der Waals surface area contributed by atoms with Gasteiger partial charge in [0.25, 0.3) is 17.5 Å². The Morgan fingerprint density at radius 2 is 1.72 bits per heavy atom. The molecular weight excluding hydrogens is 350 g/mol. The van der Waals surface area contributed by atoms with Gasteiger partial charge >= 0.3 is 0 Å². The fraction of sp³-hybridized carbons (Fsp3) is 0.375. The molecule has 0 radical (unpaired) electrons. The monoisotopic (exact) mass is 365 g/mol. The Morgan fingerprint density at radius 1 is 1.08 bits per heavy atom. The number of nitro groups is 1. The number of carbonyl (C=O) groups is 2. The van der Waals surface area contributed by atoms with Crippen molar-refractivity contribution in [3.8, 4) is 0 Å². The number of rotatable bonds is 5. The maximum Gasteiger partial charge on any atom is 0.273 e.